The Kier molecular flexibility index (Phi) is 4.02. The predicted octanol–water partition coefficient (Wildman–Crippen LogP) is 2.44. The number of hydrogen-bond acceptors (Lipinski definition) is 3. The van der Waals surface area contributed by atoms with Crippen LogP contribution in [0.3, 0.4) is 0 Å². The van der Waals surface area contributed by atoms with Gasteiger partial charge in [0.25, 0.3) is 5.56 Å². The van der Waals surface area contributed by atoms with Crippen molar-refractivity contribution in [2.75, 3.05) is 6.54 Å². The molecule has 3 rings (SSSR count). The van der Waals surface area contributed by atoms with Gasteiger partial charge in [0.05, 0.1) is 0 Å². The standard InChI is InChI=1S/C16H20N2O2/c19-16-11-15(20-18-16)13-8-9-17-14(10-13)7-6-12-4-2-1-3-5-12/h1-5,11,13-14,17H,6-10H2,(H,18,19)/t13-,14+/m1/s1. The Labute approximate surface area is 118 Å². The van der Waals surface area contributed by atoms with Gasteiger partial charge in [-0.25, -0.2) is 0 Å². The molecule has 2 heterocycles. The summed E-state index contributed by atoms with van der Waals surface area (Å²) in [6.07, 6.45) is 4.27. The first kappa shape index (κ1) is 13.2. The number of piperidine rings is 1. The molecule has 20 heavy (non-hydrogen) atoms. The Balaban J connectivity index is 1.57. The summed E-state index contributed by atoms with van der Waals surface area (Å²) in [5.41, 5.74) is 1.24. The van der Waals surface area contributed by atoms with Gasteiger partial charge in [0, 0.05) is 18.0 Å². The number of aromatic nitrogens is 1. The van der Waals surface area contributed by atoms with Crippen molar-refractivity contribution in [3.05, 3.63) is 58.1 Å². The zero-order valence-electron chi connectivity index (χ0n) is 11.5. The number of aromatic amines is 1. The Morgan fingerprint density at radius 1 is 1.25 bits per heavy atom. The topological polar surface area (TPSA) is 58.0 Å². The number of nitrogens with one attached hydrogen (secondary N) is 2. The van der Waals surface area contributed by atoms with E-state index in [-0.39, 0.29) is 5.56 Å². The van der Waals surface area contributed by atoms with Gasteiger partial charge < -0.3 is 9.84 Å². The number of benzene rings is 1. The highest BCUT2D eigenvalue weighted by Crippen LogP contribution is 2.28. The van der Waals surface area contributed by atoms with Crippen LogP contribution in [0, 0.1) is 0 Å². The third-order valence-electron chi connectivity index (χ3n) is 4.06. The van der Waals surface area contributed by atoms with E-state index in [9.17, 15) is 4.79 Å². The summed E-state index contributed by atoms with van der Waals surface area (Å²) in [7, 11) is 0. The van der Waals surface area contributed by atoms with Gasteiger partial charge in [-0.05, 0) is 37.8 Å². The smallest absolute Gasteiger partial charge is 0.280 e. The lowest BCUT2D eigenvalue weighted by Gasteiger charge is -2.29. The molecule has 1 aliphatic rings. The highest BCUT2D eigenvalue weighted by atomic mass is 16.5. The molecule has 1 aromatic heterocycles. The molecule has 1 aliphatic heterocycles. The van der Waals surface area contributed by atoms with Gasteiger partial charge in [0.15, 0.2) is 0 Å². The molecule has 4 nitrogen and oxygen atoms in total. The fourth-order valence-corrected chi connectivity index (χ4v) is 2.97. The van der Waals surface area contributed by atoms with Crippen LogP contribution in [0.25, 0.3) is 0 Å². The maximum absolute atomic E-state index is 11.2. The summed E-state index contributed by atoms with van der Waals surface area (Å²) in [5, 5.41) is 5.95. The van der Waals surface area contributed by atoms with Crippen molar-refractivity contribution < 1.29 is 4.52 Å². The first-order chi connectivity index (χ1) is 9.81. The van der Waals surface area contributed by atoms with E-state index < -0.39 is 0 Å². The molecule has 0 amide bonds. The average molecular weight is 272 g/mol. The molecule has 106 valence electrons. The highest BCUT2D eigenvalue weighted by Gasteiger charge is 2.25. The van der Waals surface area contributed by atoms with Crippen LogP contribution < -0.4 is 10.9 Å². The van der Waals surface area contributed by atoms with E-state index in [0.717, 1.165) is 38.0 Å². The van der Waals surface area contributed by atoms with E-state index in [1.165, 1.54) is 5.56 Å². The van der Waals surface area contributed by atoms with Crippen molar-refractivity contribution >= 4 is 0 Å². The normalized spacial score (nSPS) is 22.8. The molecule has 0 saturated carbocycles. The van der Waals surface area contributed by atoms with Gasteiger partial charge in [-0.15, -0.1) is 0 Å². The lowest BCUT2D eigenvalue weighted by atomic mass is 9.88. The second-order valence-electron chi connectivity index (χ2n) is 5.51. The Morgan fingerprint density at radius 2 is 2.10 bits per heavy atom. The summed E-state index contributed by atoms with van der Waals surface area (Å²) in [6, 6.07) is 12.6. The Hall–Kier alpha value is -1.81. The van der Waals surface area contributed by atoms with Crippen LogP contribution in [-0.4, -0.2) is 17.7 Å². The molecule has 4 heteroatoms. The molecule has 1 aromatic carbocycles. The van der Waals surface area contributed by atoms with Crippen LogP contribution in [0.5, 0.6) is 0 Å². The van der Waals surface area contributed by atoms with Crippen molar-refractivity contribution in [2.24, 2.45) is 0 Å². The maximum atomic E-state index is 11.2. The summed E-state index contributed by atoms with van der Waals surface area (Å²) < 4.78 is 5.25. The van der Waals surface area contributed by atoms with Crippen LogP contribution in [0.15, 0.2) is 45.7 Å². The SMILES string of the molecule is O=c1cc([C@@H]2CCN[C@@H](CCc3ccccc3)C2)o[nH]1. The van der Waals surface area contributed by atoms with E-state index in [1.807, 2.05) is 6.07 Å². The molecule has 0 bridgehead atoms. The van der Waals surface area contributed by atoms with Crippen LogP contribution >= 0.6 is 0 Å². The van der Waals surface area contributed by atoms with E-state index in [4.69, 9.17) is 4.52 Å². The fraction of sp³-hybridized carbons (Fsp3) is 0.438. The van der Waals surface area contributed by atoms with E-state index in [0.29, 0.717) is 12.0 Å². The van der Waals surface area contributed by atoms with E-state index >= 15 is 0 Å². The van der Waals surface area contributed by atoms with Crippen LogP contribution in [-0.2, 0) is 6.42 Å². The number of H-pyrrole nitrogens is 1. The minimum absolute atomic E-state index is 0.139. The minimum atomic E-state index is -0.139. The van der Waals surface area contributed by atoms with Crippen LogP contribution in [0.2, 0.25) is 0 Å². The summed E-state index contributed by atoms with van der Waals surface area (Å²) >= 11 is 0. The van der Waals surface area contributed by atoms with Crippen molar-refractivity contribution in [3.63, 3.8) is 0 Å². The lowest BCUT2D eigenvalue weighted by Crippen LogP contribution is -2.37. The van der Waals surface area contributed by atoms with Gasteiger partial charge in [0.2, 0.25) is 0 Å². The summed E-state index contributed by atoms with van der Waals surface area (Å²) in [5.74, 6) is 1.16. The summed E-state index contributed by atoms with van der Waals surface area (Å²) in [6.45, 7) is 0.985. The van der Waals surface area contributed by atoms with Gasteiger partial charge in [-0.1, -0.05) is 30.3 Å². The number of hydrogen-bond donors (Lipinski definition) is 2. The van der Waals surface area contributed by atoms with Gasteiger partial charge in [-0.2, -0.15) is 5.16 Å². The first-order valence-electron chi connectivity index (χ1n) is 7.27. The predicted molar refractivity (Wildman–Crippen MR) is 77.9 cm³/mol. The highest BCUT2D eigenvalue weighted by molar-refractivity contribution is 5.15. The average Bonchev–Trinajstić information content (AvgIpc) is 2.93. The Morgan fingerprint density at radius 3 is 2.85 bits per heavy atom. The van der Waals surface area contributed by atoms with Crippen LogP contribution in [0.1, 0.15) is 36.5 Å². The second-order valence-corrected chi connectivity index (χ2v) is 5.51. The molecule has 0 unspecified atom stereocenters. The lowest BCUT2D eigenvalue weighted by molar-refractivity contribution is 0.287. The quantitative estimate of drug-likeness (QED) is 0.898. The van der Waals surface area contributed by atoms with Gasteiger partial charge in [-0.3, -0.25) is 4.79 Å². The van der Waals surface area contributed by atoms with E-state index in [2.05, 4.69) is 34.7 Å². The molecule has 0 radical (unpaired) electrons. The monoisotopic (exact) mass is 272 g/mol. The molecule has 2 aromatic rings. The minimum Gasteiger partial charge on any atom is -0.383 e. The van der Waals surface area contributed by atoms with Gasteiger partial charge >= 0.3 is 0 Å². The molecule has 0 spiro atoms. The number of aryl methyl sites for hydroxylation is 1. The molecule has 1 fully saturated rings. The molecule has 0 aliphatic carbocycles. The maximum Gasteiger partial charge on any atom is 0.280 e. The third-order valence-corrected chi connectivity index (χ3v) is 4.06. The summed E-state index contributed by atoms with van der Waals surface area (Å²) in [4.78, 5) is 11.2. The zero-order chi connectivity index (χ0) is 13.8. The van der Waals surface area contributed by atoms with Crippen molar-refractivity contribution in [1.82, 2.24) is 10.5 Å². The largest absolute Gasteiger partial charge is 0.383 e. The molecule has 2 atom stereocenters. The first-order valence-corrected chi connectivity index (χ1v) is 7.27. The Bertz CT molecular complexity index is 588. The molecule has 2 N–H and O–H groups in total. The molecular weight excluding hydrogens is 252 g/mol. The van der Waals surface area contributed by atoms with Crippen molar-refractivity contribution in [3.8, 4) is 0 Å². The van der Waals surface area contributed by atoms with Crippen molar-refractivity contribution in [1.29, 1.82) is 0 Å². The van der Waals surface area contributed by atoms with Crippen molar-refractivity contribution in [2.45, 2.75) is 37.6 Å². The van der Waals surface area contributed by atoms with Crippen LogP contribution in [0.4, 0.5) is 0 Å². The van der Waals surface area contributed by atoms with E-state index in [1.54, 1.807) is 6.07 Å². The van der Waals surface area contributed by atoms with Gasteiger partial charge in [0.1, 0.15) is 5.76 Å². The number of rotatable bonds is 4. The molecule has 1 saturated heterocycles. The second kappa shape index (κ2) is 6.09. The third kappa shape index (κ3) is 3.20. The fourth-order valence-electron chi connectivity index (χ4n) is 2.97. The zero-order valence-corrected chi connectivity index (χ0v) is 11.5. The molecular formula is C16H20N2O2.